The van der Waals surface area contributed by atoms with Gasteiger partial charge in [0.2, 0.25) is 0 Å². The van der Waals surface area contributed by atoms with Crippen LogP contribution in [-0.2, 0) is 9.53 Å². The molecule has 0 radical (unpaired) electrons. The van der Waals surface area contributed by atoms with Gasteiger partial charge in [-0.2, -0.15) is 0 Å². The second kappa shape index (κ2) is 5.71. The maximum absolute atomic E-state index is 11.2. The third kappa shape index (κ3) is 2.85. The molecule has 4 nitrogen and oxygen atoms in total. The van der Waals surface area contributed by atoms with Gasteiger partial charge in [0, 0.05) is 17.0 Å². The minimum Gasteiger partial charge on any atom is -0.481 e. The molecule has 0 aliphatic rings. The predicted molar refractivity (Wildman–Crippen MR) is 74.1 cm³/mol. The van der Waals surface area contributed by atoms with Crippen molar-refractivity contribution in [2.24, 2.45) is 5.73 Å². The van der Waals surface area contributed by atoms with Gasteiger partial charge in [0.05, 0.1) is 7.11 Å². The standard InChI is InChI=1S/C15H17NO3/c1-10(16)12-8-7-11-5-3-4-6-13(11)15(12)19-9-14(17)18-2/h3-8,10H,9,16H2,1-2H3/t10-/m0/s1. The number of rotatable bonds is 4. The van der Waals surface area contributed by atoms with E-state index in [4.69, 9.17) is 10.5 Å². The monoisotopic (exact) mass is 259 g/mol. The minimum atomic E-state index is -0.413. The van der Waals surface area contributed by atoms with Crippen molar-refractivity contribution in [2.45, 2.75) is 13.0 Å². The third-order valence-electron chi connectivity index (χ3n) is 2.96. The quantitative estimate of drug-likeness (QED) is 0.856. The van der Waals surface area contributed by atoms with Crippen LogP contribution >= 0.6 is 0 Å². The molecule has 0 aliphatic heterocycles. The lowest BCUT2D eigenvalue weighted by Gasteiger charge is -2.16. The van der Waals surface area contributed by atoms with Crippen molar-refractivity contribution < 1.29 is 14.3 Å². The van der Waals surface area contributed by atoms with Crippen LogP contribution in [0, 0.1) is 0 Å². The number of ether oxygens (including phenoxy) is 2. The van der Waals surface area contributed by atoms with Gasteiger partial charge < -0.3 is 15.2 Å². The Morgan fingerprint density at radius 2 is 2.00 bits per heavy atom. The fraction of sp³-hybridized carbons (Fsp3) is 0.267. The molecule has 0 saturated carbocycles. The van der Waals surface area contributed by atoms with Crippen molar-refractivity contribution >= 4 is 16.7 Å². The van der Waals surface area contributed by atoms with E-state index in [1.165, 1.54) is 7.11 Å². The highest BCUT2D eigenvalue weighted by molar-refractivity contribution is 5.90. The molecule has 0 heterocycles. The van der Waals surface area contributed by atoms with E-state index in [0.29, 0.717) is 5.75 Å². The van der Waals surface area contributed by atoms with Gasteiger partial charge >= 0.3 is 5.97 Å². The Labute approximate surface area is 112 Å². The number of nitrogens with two attached hydrogens (primary N) is 1. The van der Waals surface area contributed by atoms with Crippen LogP contribution in [0.5, 0.6) is 5.75 Å². The van der Waals surface area contributed by atoms with Crippen molar-refractivity contribution in [2.75, 3.05) is 13.7 Å². The van der Waals surface area contributed by atoms with Gasteiger partial charge in [0.15, 0.2) is 6.61 Å². The van der Waals surface area contributed by atoms with Crippen LogP contribution in [0.2, 0.25) is 0 Å². The first-order valence-electron chi connectivity index (χ1n) is 6.10. The number of hydrogen-bond acceptors (Lipinski definition) is 4. The molecule has 0 aliphatic carbocycles. The van der Waals surface area contributed by atoms with Crippen LogP contribution in [-0.4, -0.2) is 19.7 Å². The molecular weight excluding hydrogens is 242 g/mol. The van der Waals surface area contributed by atoms with E-state index in [-0.39, 0.29) is 12.6 Å². The summed E-state index contributed by atoms with van der Waals surface area (Å²) in [5, 5.41) is 1.99. The Morgan fingerprint density at radius 3 is 2.68 bits per heavy atom. The molecule has 2 aromatic carbocycles. The molecule has 0 saturated heterocycles. The smallest absolute Gasteiger partial charge is 0.343 e. The summed E-state index contributed by atoms with van der Waals surface area (Å²) in [7, 11) is 1.33. The number of benzene rings is 2. The van der Waals surface area contributed by atoms with Crippen LogP contribution < -0.4 is 10.5 Å². The minimum absolute atomic E-state index is 0.121. The molecule has 1 atom stereocenters. The molecule has 0 spiro atoms. The van der Waals surface area contributed by atoms with Gasteiger partial charge in [0.1, 0.15) is 5.75 Å². The molecule has 100 valence electrons. The maximum atomic E-state index is 11.2. The lowest BCUT2D eigenvalue weighted by atomic mass is 10.0. The number of carbonyl (C=O) groups excluding carboxylic acids is 1. The van der Waals surface area contributed by atoms with E-state index in [0.717, 1.165) is 16.3 Å². The van der Waals surface area contributed by atoms with Gasteiger partial charge in [0.25, 0.3) is 0 Å². The largest absolute Gasteiger partial charge is 0.481 e. The average Bonchev–Trinajstić information content (AvgIpc) is 2.43. The highest BCUT2D eigenvalue weighted by atomic mass is 16.6. The summed E-state index contributed by atoms with van der Waals surface area (Å²) >= 11 is 0. The van der Waals surface area contributed by atoms with Gasteiger partial charge in [-0.1, -0.05) is 36.4 Å². The SMILES string of the molecule is COC(=O)COc1c([C@H](C)N)ccc2ccccc12. The van der Waals surface area contributed by atoms with Crippen LogP contribution in [0.1, 0.15) is 18.5 Å². The zero-order chi connectivity index (χ0) is 13.8. The fourth-order valence-corrected chi connectivity index (χ4v) is 1.97. The fourth-order valence-electron chi connectivity index (χ4n) is 1.97. The number of methoxy groups -OCH3 is 1. The van der Waals surface area contributed by atoms with Crippen molar-refractivity contribution in [3.05, 3.63) is 42.0 Å². The van der Waals surface area contributed by atoms with E-state index in [9.17, 15) is 4.79 Å². The highest BCUT2D eigenvalue weighted by Crippen LogP contribution is 2.32. The van der Waals surface area contributed by atoms with Gasteiger partial charge in [-0.25, -0.2) is 4.79 Å². The average molecular weight is 259 g/mol. The molecule has 19 heavy (non-hydrogen) atoms. The molecule has 4 heteroatoms. The summed E-state index contributed by atoms with van der Waals surface area (Å²) in [5.74, 6) is 0.238. The van der Waals surface area contributed by atoms with E-state index in [1.54, 1.807) is 0 Å². The van der Waals surface area contributed by atoms with Crippen LogP contribution in [0.3, 0.4) is 0 Å². The topological polar surface area (TPSA) is 61.5 Å². The molecular formula is C15H17NO3. The molecule has 0 fully saturated rings. The first-order valence-corrected chi connectivity index (χ1v) is 6.10. The molecule has 0 unspecified atom stereocenters. The lowest BCUT2D eigenvalue weighted by Crippen LogP contribution is -2.15. The van der Waals surface area contributed by atoms with Crippen LogP contribution in [0.25, 0.3) is 10.8 Å². The van der Waals surface area contributed by atoms with E-state index in [2.05, 4.69) is 4.74 Å². The second-order valence-corrected chi connectivity index (χ2v) is 4.36. The number of fused-ring (bicyclic) bond motifs is 1. The summed E-state index contributed by atoms with van der Waals surface area (Å²) < 4.78 is 10.2. The summed E-state index contributed by atoms with van der Waals surface area (Å²) in [5.41, 5.74) is 6.83. The van der Waals surface area contributed by atoms with E-state index >= 15 is 0 Å². The zero-order valence-corrected chi connectivity index (χ0v) is 11.1. The molecule has 0 bridgehead atoms. The van der Waals surface area contributed by atoms with Crippen molar-refractivity contribution in [3.8, 4) is 5.75 Å². The molecule has 2 aromatic rings. The molecule has 2 rings (SSSR count). The number of esters is 1. The first-order chi connectivity index (χ1) is 9.13. The Balaban J connectivity index is 2.46. The predicted octanol–water partition coefficient (Wildman–Crippen LogP) is 2.41. The van der Waals surface area contributed by atoms with Crippen molar-refractivity contribution in [1.29, 1.82) is 0 Å². The van der Waals surface area contributed by atoms with Crippen LogP contribution in [0.15, 0.2) is 36.4 Å². The van der Waals surface area contributed by atoms with Crippen molar-refractivity contribution in [3.63, 3.8) is 0 Å². The normalized spacial score (nSPS) is 12.2. The second-order valence-electron chi connectivity index (χ2n) is 4.36. The maximum Gasteiger partial charge on any atom is 0.343 e. The highest BCUT2D eigenvalue weighted by Gasteiger charge is 2.13. The Hall–Kier alpha value is -2.07. The Kier molecular flexibility index (Phi) is 4.02. The number of hydrogen-bond donors (Lipinski definition) is 1. The van der Waals surface area contributed by atoms with Crippen molar-refractivity contribution in [1.82, 2.24) is 0 Å². The number of carbonyl (C=O) groups is 1. The molecule has 0 aromatic heterocycles. The van der Waals surface area contributed by atoms with Gasteiger partial charge in [-0.05, 0) is 12.3 Å². The first kappa shape index (κ1) is 13.4. The van der Waals surface area contributed by atoms with Crippen LogP contribution in [0.4, 0.5) is 0 Å². The summed E-state index contributed by atoms with van der Waals surface area (Å²) in [6.07, 6.45) is 0. The lowest BCUT2D eigenvalue weighted by molar-refractivity contribution is -0.142. The third-order valence-corrected chi connectivity index (χ3v) is 2.96. The Bertz CT molecular complexity index is 593. The summed E-state index contributed by atoms with van der Waals surface area (Å²) in [4.78, 5) is 11.2. The Morgan fingerprint density at radius 1 is 1.26 bits per heavy atom. The summed E-state index contributed by atoms with van der Waals surface area (Å²) in [6.45, 7) is 1.76. The van der Waals surface area contributed by atoms with E-state index in [1.807, 2.05) is 43.3 Å². The summed E-state index contributed by atoms with van der Waals surface area (Å²) in [6, 6.07) is 11.6. The van der Waals surface area contributed by atoms with Gasteiger partial charge in [-0.3, -0.25) is 0 Å². The van der Waals surface area contributed by atoms with E-state index < -0.39 is 5.97 Å². The zero-order valence-electron chi connectivity index (χ0n) is 11.1. The van der Waals surface area contributed by atoms with Gasteiger partial charge in [-0.15, -0.1) is 0 Å². The molecule has 0 amide bonds. The molecule has 2 N–H and O–H groups in total.